The lowest BCUT2D eigenvalue weighted by Gasteiger charge is -2.22. The van der Waals surface area contributed by atoms with Gasteiger partial charge < -0.3 is 15.0 Å². The van der Waals surface area contributed by atoms with E-state index in [0.717, 1.165) is 12.1 Å². The van der Waals surface area contributed by atoms with Crippen LogP contribution in [-0.2, 0) is 11.2 Å². The molecule has 4 rings (SSSR count). The molecule has 7 nitrogen and oxygen atoms in total. The van der Waals surface area contributed by atoms with Gasteiger partial charge in [0.25, 0.3) is 5.95 Å². The molecule has 0 saturated heterocycles. The predicted molar refractivity (Wildman–Crippen MR) is 107 cm³/mol. The second-order valence-electron chi connectivity index (χ2n) is 6.58. The zero-order chi connectivity index (χ0) is 19.5. The molecule has 0 spiro atoms. The molecule has 1 aliphatic heterocycles. The Bertz CT molecular complexity index is 1010. The Kier molecular flexibility index (Phi) is 4.89. The van der Waals surface area contributed by atoms with E-state index in [9.17, 15) is 4.79 Å². The number of rotatable bonds is 5. The summed E-state index contributed by atoms with van der Waals surface area (Å²) in [5.74, 6) is 0.657. The minimum Gasteiger partial charge on any atom is -0.462 e. The predicted octanol–water partition coefficient (Wildman–Crippen LogP) is 3.87. The molecule has 28 heavy (non-hydrogen) atoms. The van der Waals surface area contributed by atoms with Crippen LogP contribution in [0.3, 0.4) is 0 Å². The maximum atomic E-state index is 12.2. The van der Waals surface area contributed by atoms with Crippen LogP contribution in [0.5, 0.6) is 0 Å². The minimum atomic E-state index is -0.380. The average Bonchev–Trinajstić information content (AvgIpc) is 3.04. The molecule has 0 bridgehead atoms. The van der Waals surface area contributed by atoms with Crippen LogP contribution in [0.4, 0.5) is 23.1 Å². The number of carbonyl (C=O) groups excluding carboxylic acids is 1. The second kappa shape index (κ2) is 7.64. The molecular formula is C21H21N5O2. The summed E-state index contributed by atoms with van der Waals surface area (Å²) in [6.07, 6.45) is 2.47. The van der Waals surface area contributed by atoms with Gasteiger partial charge >= 0.3 is 5.97 Å². The van der Waals surface area contributed by atoms with Gasteiger partial charge in [-0.05, 0) is 44.0 Å². The number of fused-ring (bicyclic) bond motifs is 1. The first-order chi connectivity index (χ1) is 13.7. The molecule has 0 fully saturated rings. The summed E-state index contributed by atoms with van der Waals surface area (Å²) >= 11 is 0. The Labute approximate surface area is 163 Å². The van der Waals surface area contributed by atoms with Gasteiger partial charge in [-0.1, -0.05) is 30.3 Å². The highest BCUT2D eigenvalue weighted by Gasteiger charge is 2.29. The molecule has 2 aromatic carbocycles. The monoisotopic (exact) mass is 375 g/mol. The number of aromatic nitrogens is 3. The number of nitrogens with one attached hydrogen (secondary N) is 1. The molecule has 0 aliphatic carbocycles. The van der Waals surface area contributed by atoms with Crippen molar-refractivity contribution in [2.24, 2.45) is 0 Å². The van der Waals surface area contributed by atoms with E-state index in [1.807, 2.05) is 24.3 Å². The number of benzene rings is 2. The number of para-hydroxylation sites is 2. The summed E-state index contributed by atoms with van der Waals surface area (Å²) in [6.45, 7) is 4.24. The summed E-state index contributed by atoms with van der Waals surface area (Å²) < 4.78 is 5.13. The zero-order valence-electron chi connectivity index (χ0n) is 15.8. The Morgan fingerprint density at radius 1 is 1.21 bits per heavy atom. The van der Waals surface area contributed by atoms with E-state index in [4.69, 9.17) is 4.74 Å². The molecule has 1 N–H and O–H groups in total. The van der Waals surface area contributed by atoms with Gasteiger partial charge in [0.2, 0.25) is 0 Å². The highest BCUT2D eigenvalue weighted by Crippen LogP contribution is 2.36. The molecule has 3 aromatic rings. The SMILES string of the molecule is CCOC(=O)c1ccccc1Nc1cnnc(N2c3ccccc3CC2C)n1. The third kappa shape index (κ3) is 3.38. The summed E-state index contributed by atoms with van der Waals surface area (Å²) in [7, 11) is 0. The van der Waals surface area contributed by atoms with Gasteiger partial charge in [-0.3, -0.25) is 0 Å². The van der Waals surface area contributed by atoms with Crippen molar-refractivity contribution in [3.8, 4) is 0 Å². The normalized spacial score (nSPS) is 15.2. The fraction of sp³-hybridized carbons (Fsp3) is 0.238. The van der Waals surface area contributed by atoms with E-state index in [1.54, 1.807) is 19.1 Å². The standard InChI is InChI=1S/C21H21N5O2/c1-3-28-20(27)16-9-5-6-10-17(16)23-19-13-22-25-21(24-19)26-14(2)12-15-8-4-7-11-18(15)26/h4-11,13-14H,3,12H2,1-2H3,(H,23,24,25). The summed E-state index contributed by atoms with van der Waals surface area (Å²) in [6, 6.07) is 15.6. The molecule has 1 unspecified atom stereocenters. The molecule has 0 saturated carbocycles. The van der Waals surface area contributed by atoms with Gasteiger partial charge in [0, 0.05) is 11.7 Å². The van der Waals surface area contributed by atoms with Crippen LogP contribution in [-0.4, -0.2) is 33.8 Å². The van der Waals surface area contributed by atoms with E-state index >= 15 is 0 Å². The summed E-state index contributed by atoms with van der Waals surface area (Å²) in [4.78, 5) is 18.9. The van der Waals surface area contributed by atoms with Crippen molar-refractivity contribution in [3.63, 3.8) is 0 Å². The first kappa shape index (κ1) is 17.9. The number of ether oxygens (including phenoxy) is 1. The molecule has 7 heteroatoms. The van der Waals surface area contributed by atoms with Crippen LogP contribution in [0, 0.1) is 0 Å². The molecule has 1 aliphatic rings. The number of esters is 1. The van der Waals surface area contributed by atoms with E-state index < -0.39 is 0 Å². The molecular weight excluding hydrogens is 354 g/mol. The van der Waals surface area contributed by atoms with E-state index in [1.165, 1.54) is 11.8 Å². The first-order valence-electron chi connectivity index (χ1n) is 9.27. The van der Waals surface area contributed by atoms with Crippen LogP contribution in [0.25, 0.3) is 0 Å². The third-order valence-electron chi connectivity index (χ3n) is 4.66. The quantitative estimate of drug-likeness (QED) is 0.678. The Balaban J connectivity index is 1.64. The molecule has 142 valence electrons. The van der Waals surface area contributed by atoms with Crippen molar-refractivity contribution < 1.29 is 9.53 Å². The summed E-state index contributed by atoms with van der Waals surface area (Å²) in [5, 5.41) is 11.5. The Hall–Kier alpha value is -3.48. The van der Waals surface area contributed by atoms with Gasteiger partial charge in [0.15, 0.2) is 5.82 Å². The number of nitrogens with zero attached hydrogens (tertiary/aromatic N) is 4. The van der Waals surface area contributed by atoms with Gasteiger partial charge in [0.05, 0.1) is 24.1 Å². The zero-order valence-corrected chi connectivity index (χ0v) is 15.8. The summed E-state index contributed by atoms with van der Waals surface area (Å²) in [5.41, 5.74) is 3.43. The third-order valence-corrected chi connectivity index (χ3v) is 4.66. The van der Waals surface area contributed by atoms with Crippen molar-refractivity contribution in [1.29, 1.82) is 0 Å². The van der Waals surface area contributed by atoms with Crippen LogP contribution in [0.1, 0.15) is 29.8 Å². The van der Waals surface area contributed by atoms with E-state index in [-0.39, 0.29) is 12.0 Å². The maximum absolute atomic E-state index is 12.2. The largest absolute Gasteiger partial charge is 0.462 e. The number of hydrogen-bond acceptors (Lipinski definition) is 7. The number of carbonyl (C=O) groups is 1. The first-order valence-corrected chi connectivity index (χ1v) is 9.27. The lowest BCUT2D eigenvalue weighted by molar-refractivity contribution is 0.0527. The molecule has 2 heterocycles. The van der Waals surface area contributed by atoms with Crippen molar-refractivity contribution in [3.05, 3.63) is 65.9 Å². The lowest BCUT2D eigenvalue weighted by atomic mass is 10.1. The van der Waals surface area contributed by atoms with Crippen LogP contribution in [0.2, 0.25) is 0 Å². The van der Waals surface area contributed by atoms with E-state index in [0.29, 0.717) is 29.6 Å². The number of anilines is 4. The van der Waals surface area contributed by atoms with Crippen LogP contribution >= 0.6 is 0 Å². The fourth-order valence-electron chi connectivity index (χ4n) is 3.44. The van der Waals surface area contributed by atoms with Crippen molar-refractivity contribution in [1.82, 2.24) is 15.2 Å². The minimum absolute atomic E-state index is 0.237. The lowest BCUT2D eigenvalue weighted by Crippen LogP contribution is -2.26. The average molecular weight is 375 g/mol. The fourth-order valence-corrected chi connectivity index (χ4v) is 3.44. The highest BCUT2D eigenvalue weighted by molar-refractivity contribution is 5.96. The Morgan fingerprint density at radius 2 is 2.00 bits per heavy atom. The van der Waals surface area contributed by atoms with Gasteiger partial charge in [-0.2, -0.15) is 10.1 Å². The molecule has 1 atom stereocenters. The molecule has 0 radical (unpaired) electrons. The smallest absolute Gasteiger partial charge is 0.340 e. The highest BCUT2D eigenvalue weighted by atomic mass is 16.5. The Morgan fingerprint density at radius 3 is 2.86 bits per heavy atom. The maximum Gasteiger partial charge on any atom is 0.340 e. The van der Waals surface area contributed by atoms with Crippen LogP contribution in [0.15, 0.2) is 54.7 Å². The number of hydrogen-bond donors (Lipinski definition) is 1. The topological polar surface area (TPSA) is 80.2 Å². The molecule has 0 amide bonds. The van der Waals surface area contributed by atoms with Crippen molar-refractivity contribution in [2.45, 2.75) is 26.3 Å². The van der Waals surface area contributed by atoms with Crippen molar-refractivity contribution >= 4 is 29.1 Å². The van der Waals surface area contributed by atoms with Crippen molar-refractivity contribution in [2.75, 3.05) is 16.8 Å². The second-order valence-corrected chi connectivity index (χ2v) is 6.58. The molecule has 1 aromatic heterocycles. The van der Waals surface area contributed by atoms with Gasteiger partial charge in [0.1, 0.15) is 0 Å². The van der Waals surface area contributed by atoms with Gasteiger partial charge in [-0.25, -0.2) is 4.79 Å². The van der Waals surface area contributed by atoms with Crippen LogP contribution < -0.4 is 10.2 Å². The van der Waals surface area contributed by atoms with E-state index in [2.05, 4.69) is 44.5 Å². The van der Waals surface area contributed by atoms with Gasteiger partial charge in [-0.15, -0.1) is 5.10 Å².